The molecule has 2 N–H and O–H groups in total. The normalized spacial score (nSPS) is 15.3. The maximum absolute atomic E-state index is 14.1. The number of benzene rings is 3. The molecule has 1 saturated heterocycles. The van der Waals surface area contributed by atoms with Gasteiger partial charge in [-0.1, -0.05) is 36.4 Å². The van der Waals surface area contributed by atoms with Crippen molar-refractivity contribution in [2.45, 2.75) is 57.8 Å². The highest BCUT2D eigenvalue weighted by Gasteiger charge is 2.36. The smallest absolute Gasteiger partial charge is 0.361 e. The predicted octanol–water partition coefficient (Wildman–Crippen LogP) is 7.41. The number of nitrogens with one attached hydrogen (secondary N) is 2. The van der Waals surface area contributed by atoms with Crippen molar-refractivity contribution in [1.29, 1.82) is 0 Å². The van der Waals surface area contributed by atoms with E-state index in [2.05, 4.69) is 9.97 Å². The first-order chi connectivity index (χ1) is 22.5. The number of hydrogen-bond donors (Lipinski definition) is 2. The van der Waals surface area contributed by atoms with Gasteiger partial charge in [0.25, 0.3) is 0 Å². The maximum atomic E-state index is 14.1. The van der Waals surface area contributed by atoms with Crippen molar-refractivity contribution >= 4 is 33.6 Å². The summed E-state index contributed by atoms with van der Waals surface area (Å²) in [5.41, 5.74) is 2.97. The number of hydrazine groups is 1. The zero-order chi connectivity index (χ0) is 33.3. The fraction of sp³-hybridized carbons (Fsp3) is 0.333. The van der Waals surface area contributed by atoms with E-state index in [1.165, 1.54) is 43.0 Å². The molecule has 1 aliphatic heterocycles. The Morgan fingerprint density at radius 2 is 1.55 bits per heavy atom. The molecule has 7 nitrogen and oxygen atoms in total. The Morgan fingerprint density at radius 3 is 2.28 bits per heavy atom. The van der Waals surface area contributed by atoms with Crippen LogP contribution in [0, 0.1) is 5.82 Å². The molecule has 0 radical (unpaired) electrons. The molecule has 6 rings (SSSR count). The Balaban J connectivity index is 1.29. The third-order valence-electron chi connectivity index (χ3n) is 9.25. The van der Waals surface area contributed by atoms with Crippen molar-refractivity contribution < 1.29 is 27.2 Å². The van der Waals surface area contributed by atoms with Crippen LogP contribution in [0.25, 0.3) is 21.8 Å². The van der Waals surface area contributed by atoms with E-state index < -0.39 is 17.8 Å². The highest BCUT2D eigenvalue weighted by Crippen LogP contribution is 2.35. The summed E-state index contributed by atoms with van der Waals surface area (Å²) in [6, 6.07) is 17.2. The van der Waals surface area contributed by atoms with Gasteiger partial charge in [0.15, 0.2) is 0 Å². The molecule has 11 heteroatoms. The van der Waals surface area contributed by atoms with Crippen molar-refractivity contribution in [2.24, 2.45) is 0 Å². The van der Waals surface area contributed by atoms with E-state index in [0.29, 0.717) is 32.4 Å². The summed E-state index contributed by atoms with van der Waals surface area (Å²) in [6.07, 6.45) is 1.03. The standard InChI is InChI=1S/C36H37F4N5O2/c1-23(46)43(21-26-7-3-5-9-33(26)36(38,39)40)22-29(17-27-19-41-34-10-6-4-8-30(27)34)45(24(2)47)44-15-13-25(14-16-44)32-20-42-35-12-11-28(37)18-31(32)35/h3-12,18-20,25,29,41-42H,13-17,21-22H2,1-2H3/t29-/m1/s1. The summed E-state index contributed by atoms with van der Waals surface area (Å²) in [5.74, 6) is -0.761. The minimum atomic E-state index is -4.57. The van der Waals surface area contributed by atoms with Crippen LogP contribution in [0.2, 0.25) is 0 Å². The van der Waals surface area contributed by atoms with Crippen LogP contribution in [0.3, 0.4) is 0 Å². The van der Waals surface area contributed by atoms with Crippen LogP contribution in [-0.4, -0.2) is 62.4 Å². The van der Waals surface area contributed by atoms with E-state index in [9.17, 15) is 27.2 Å². The van der Waals surface area contributed by atoms with Gasteiger partial charge < -0.3 is 14.9 Å². The number of piperidine rings is 1. The first kappa shape index (κ1) is 32.3. The fourth-order valence-corrected chi connectivity index (χ4v) is 7.01. The number of carbonyl (C=O) groups excluding carboxylic acids is 2. The lowest BCUT2D eigenvalue weighted by Gasteiger charge is -2.44. The summed E-state index contributed by atoms with van der Waals surface area (Å²) in [6.45, 7) is 3.67. The van der Waals surface area contributed by atoms with Gasteiger partial charge in [-0.25, -0.2) is 9.40 Å². The van der Waals surface area contributed by atoms with Gasteiger partial charge in [-0.2, -0.15) is 13.2 Å². The van der Waals surface area contributed by atoms with Crippen LogP contribution in [0.15, 0.2) is 79.1 Å². The second kappa shape index (κ2) is 13.2. The van der Waals surface area contributed by atoms with Gasteiger partial charge in [0.2, 0.25) is 11.8 Å². The number of fused-ring (bicyclic) bond motifs is 2. The Bertz CT molecular complexity index is 1890. The third-order valence-corrected chi connectivity index (χ3v) is 9.25. The molecule has 0 spiro atoms. The second-order valence-electron chi connectivity index (χ2n) is 12.3. The molecule has 1 aliphatic rings. The first-order valence-electron chi connectivity index (χ1n) is 15.8. The molecule has 0 unspecified atom stereocenters. The van der Waals surface area contributed by atoms with Gasteiger partial charge in [0.1, 0.15) is 5.82 Å². The molecule has 2 amide bonds. The quantitative estimate of drug-likeness (QED) is 0.164. The van der Waals surface area contributed by atoms with E-state index in [1.54, 1.807) is 17.1 Å². The second-order valence-corrected chi connectivity index (χ2v) is 12.3. The molecule has 0 saturated carbocycles. The molecule has 1 atom stereocenters. The largest absolute Gasteiger partial charge is 0.416 e. The maximum Gasteiger partial charge on any atom is 0.416 e. The number of carbonyl (C=O) groups is 2. The minimum Gasteiger partial charge on any atom is -0.361 e. The number of nitrogens with zero attached hydrogens (tertiary/aromatic N) is 3. The molecule has 3 heterocycles. The monoisotopic (exact) mass is 647 g/mol. The number of amides is 2. The van der Waals surface area contributed by atoms with Crippen LogP contribution >= 0.6 is 0 Å². The van der Waals surface area contributed by atoms with Crippen LogP contribution in [0.4, 0.5) is 17.6 Å². The zero-order valence-corrected chi connectivity index (χ0v) is 26.3. The van der Waals surface area contributed by atoms with Crippen LogP contribution < -0.4 is 0 Å². The van der Waals surface area contributed by atoms with Gasteiger partial charge >= 0.3 is 6.18 Å². The first-order valence-corrected chi connectivity index (χ1v) is 15.8. The van der Waals surface area contributed by atoms with Gasteiger partial charge in [0, 0.05) is 74.2 Å². The van der Waals surface area contributed by atoms with Crippen LogP contribution in [0.5, 0.6) is 0 Å². The molecule has 0 aliphatic carbocycles. The van der Waals surface area contributed by atoms with Crippen molar-refractivity contribution in [1.82, 2.24) is 24.9 Å². The van der Waals surface area contributed by atoms with Crippen molar-refractivity contribution in [2.75, 3.05) is 19.6 Å². The Morgan fingerprint density at radius 1 is 0.872 bits per heavy atom. The average Bonchev–Trinajstić information content (AvgIpc) is 3.64. The Labute approximate surface area is 270 Å². The van der Waals surface area contributed by atoms with E-state index in [1.807, 2.05) is 41.7 Å². The molecule has 0 bridgehead atoms. The number of H-pyrrole nitrogens is 2. The summed E-state index contributed by atoms with van der Waals surface area (Å²) < 4.78 is 55.8. The van der Waals surface area contributed by atoms with E-state index in [4.69, 9.17) is 0 Å². The molecule has 1 fully saturated rings. The molecular formula is C36H37F4N5O2. The Kier molecular flexibility index (Phi) is 9.09. The molecule has 5 aromatic rings. The van der Waals surface area contributed by atoms with E-state index in [-0.39, 0.29) is 42.2 Å². The minimum absolute atomic E-state index is 0.00796. The van der Waals surface area contributed by atoms with Crippen LogP contribution in [0.1, 0.15) is 54.9 Å². The van der Waals surface area contributed by atoms with Crippen LogP contribution in [-0.2, 0) is 28.7 Å². The SMILES string of the molecule is CC(=O)N(Cc1ccccc1C(F)(F)F)C[C@@H](Cc1c[nH]c2ccccc12)N(C(C)=O)N1CCC(c2c[nH]c3ccc(F)cc23)CC1. The summed E-state index contributed by atoms with van der Waals surface area (Å²) >= 11 is 0. The number of aromatic amines is 2. The van der Waals surface area contributed by atoms with Gasteiger partial charge in [-0.15, -0.1) is 0 Å². The van der Waals surface area contributed by atoms with Gasteiger partial charge in [0.05, 0.1) is 11.6 Å². The number of halogens is 4. The number of para-hydroxylation sites is 1. The summed E-state index contributed by atoms with van der Waals surface area (Å²) in [7, 11) is 0. The summed E-state index contributed by atoms with van der Waals surface area (Å²) in [4.78, 5) is 34.4. The molecular weight excluding hydrogens is 610 g/mol. The lowest BCUT2D eigenvalue weighted by atomic mass is 9.89. The number of rotatable bonds is 9. The highest BCUT2D eigenvalue weighted by molar-refractivity contribution is 5.84. The average molecular weight is 648 g/mol. The molecule has 47 heavy (non-hydrogen) atoms. The molecule has 3 aromatic carbocycles. The van der Waals surface area contributed by atoms with Crippen molar-refractivity contribution in [3.8, 4) is 0 Å². The highest BCUT2D eigenvalue weighted by atomic mass is 19.4. The molecule has 2 aromatic heterocycles. The van der Waals surface area contributed by atoms with Gasteiger partial charge in [-0.05, 0) is 72.2 Å². The number of hydrogen-bond acceptors (Lipinski definition) is 3. The topological polar surface area (TPSA) is 75.4 Å². The van der Waals surface area contributed by atoms with E-state index >= 15 is 0 Å². The van der Waals surface area contributed by atoms with E-state index in [0.717, 1.165) is 39.0 Å². The fourth-order valence-electron chi connectivity index (χ4n) is 7.01. The predicted molar refractivity (Wildman–Crippen MR) is 173 cm³/mol. The van der Waals surface area contributed by atoms with Gasteiger partial charge in [-0.3, -0.25) is 14.6 Å². The number of aromatic nitrogens is 2. The lowest BCUT2D eigenvalue weighted by molar-refractivity contribution is -0.158. The van der Waals surface area contributed by atoms with Crippen molar-refractivity contribution in [3.63, 3.8) is 0 Å². The molecule has 246 valence electrons. The number of alkyl halides is 3. The zero-order valence-electron chi connectivity index (χ0n) is 26.3. The van der Waals surface area contributed by atoms with Crippen molar-refractivity contribution in [3.05, 3.63) is 107 Å². The third kappa shape index (κ3) is 6.90. The Hall–Kier alpha value is -4.64. The summed E-state index contributed by atoms with van der Waals surface area (Å²) in [5, 5.41) is 5.51. The lowest BCUT2D eigenvalue weighted by Crippen LogP contribution is -2.57.